The number of aryl methyl sites for hydroxylation is 2. The molecule has 0 fully saturated rings. The summed E-state index contributed by atoms with van der Waals surface area (Å²) in [6, 6.07) is 5.71. The van der Waals surface area contributed by atoms with Crippen LogP contribution in [0.2, 0.25) is 0 Å². The summed E-state index contributed by atoms with van der Waals surface area (Å²) in [5, 5.41) is 7.25. The first-order valence-electron chi connectivity index (χ1n) is 6.64. The van der Waals surface area contributed by atoms with Gasteiger partial charge in [0.15, 0.2) is 0 Å². The molecule has 1 aromatic carbocycles. The number of anilines is 1. The highest BCUT2D eigenvalue weighted by Gasteiger charge is 2.07. The van der Waals surface area contributed by atoms with Crippen molar-refractivity contribution in [1.29, 1.82) is 0 Å². The van der Waals surface area contributed by atoms with Gasteiger partial charge in [-0.1, -0.05) is 6.07 Å². The highest BCUT2D eigenvalue weighted by atomic mass is 32.1. The van der Waals surface area contributed by atoms with E-state index in [0.717, 1.165) is 22.8 Å². The third-order valence-corrected chi connectivity index (χ3v) is 3.87. The molecule has 2 rings (SSSR count). The molecule has 1 aromatic heterocycles. The van der Waals surface area contributed by atoms with Crippen molar-refractivity contribution in [3.8, 4) is 0 Å². The molecule has 0 aliphatic carbocycles. The molecule has 0 aliphatic rings. The van der Waals surface area contributed by atoms with Crippen molar-refractivity contribution < 1.29 is 4.79 Å². The van der Waals surface area contributed by atoms with Gasteiger partial charge in [0.05, 0.1) is 11.6 Å². The van der Waals surface area contributed by atoms with Gasteiger partial charge in [0.25, 0.3) is 5.91 Å². The molecule has 2 N–H and O–H groups in total. The molecule has 0 saturated carbocycles. The van der Waals surface area contributed by atoms with Gasteiger partial charge >= 0.3 is 0 Å². The maximum absolute atomic E-state index is 11.8. The van der Waals surface area contributed by atoms with E-state index in [2.05, 4.69) is 15.6 Å². The zero-order valence-electron chi connectivity index (χ0n) is 12.0. The van der Waals surface area contributed by atoms with Crippen molar-refractivity contribution in [2.75, 3.05) is 11.9 Å². The lowest BCUT2D eigenvalue weighted by molar-refractivity contribution is 0.0956. The van der Waals surface area contributed by atoms with Crippen LogP contribution in [0, 0.1) is 13.8 Å². The first-order valence-corrected chi connectivity index (χ1v) is 7.46. The maximum atomic E-state index is 11.8. The van der Waals surface area contributed by atoms with E-state index >= 15 is 0 Å². The van der Waals surface area contributed by atoms with Gasteiger partial charge in [-0.3, -0.25) is 4.79 Å². The van der Waals surface area contributed by atoms with Crippen molar-refractivity contribution in [2.24, 2.45) is 0 Å². The largest absolute Gasteiger partial charge is 0.380 e. The van der Waals surface area contributed by atoms with Gasteiger partial charge in [-0.15, -0.1) is 11.3 Å². The molecule has 0 spiro atoms. The summed E-state index contributed by atoms with van der Waals surface area (Å²) >= 11 is 1.68. The van der Waals surface area contributed by atoms with Crippen LogP contribution in [0.1, 0.15) is 32.7 Å². The van der Waals surface area contributed by atoms with Crippen LogP contribution >= 0.6 is 11.3 Å². The van der Waals surface area contributed by atoms with Gasteiger partial charge in [-0.2, -0.15) is 0 Å². The number of carbonyl (C=O) groups is 1. The van der Waals surface area contributed by atoms with E-state index in [9.17, 15) is 4.79 Å². The van der Waals surface area contributed by atoms with E-state index in [0.29, 0.717) is 12.1 Å². The number of nitrogens with zero attached hydrogens (tertiary/aromatic N) is 1. The third kappa shape index (κ3) is 3.57. The smallest absolute Gasteiger partial charge is 0.251 e. The van der Waals surface area contributed by atoms with Gasteiger partial charge in [0.2, 0.25) is 0 Å². The van der Waals surface area contributed by atoms with Crippen molar-refractivity contribution in [2.45, 2.75) is 27.3 Å². The zero-order chi connectivity index (χ0) is 14.5. The van der Waals surface area contributed by atoms with E-state index in [4.69, 9.17) is 0 Å². The predicted molar refractivity (Wildman–Crippen MR) is 83.4 cm³/mol. The van der Waals surface area contributed by atoms with Crippen LogP contribution < -0.4 is 10.6 Å². The van der Waals surface area contributed by atoms with Crippen LogP contribution in [0.4, 0.5) is 5.69 Å². The monoisotopic (exact) mass is 289 g/mol. The molecule has 0 atom stereocenters. The van der Waals surface area contributed by atoms with E-state index in [1.165, 1.54) is 4.88 Å². The van der Waals surface area contributed by atoms with E-state index in [-0.39, 0.29) is 5.91 Å². The summed E-state index contributed by atoms with van der Waals surface area (Å²) in [6.45, 7) is 7.30. The van der Waals surface area contributed by atoms with Crippen LogP contribution in [0.3, 0.4) is 0 Å². The molecule has 0 unspecified atom stereocenters. The number of carbonyl (C=O) groups excluding carboxylic acids is 1. The number of nitrogens with one attached hydrogen (secondary N) is 2. The summed E-state index contributed by atoms with van der Waals surface area (Å²) < 4.78 is 0. The molecule has 5 heteroatoms. The average Bonchev–Trinajstić information content (AvgIpc) is 2.84. The lowest BCUT2D eigenvalue weighted by atomic mass is 10.1. The average molecular weight is 289 g/mol. The summed E-state index contributed by atoms with van der Waals surface area (Å²) in [5.74, 6) is -0.0378. The lowest BCUT2D eigenvalue weighted by Gasteiger charge is -2.10. The van der Waals surface area contributed by atoms with E-state index in [1.807, 2.05) is 45.2 Å². The molecule has 0 saturated heterocycles. The molecule has 1 heterocycles. The predicted octanol–water partition coefficient (Wildman–Crippen LogP) is 3.12. The fourth-order valence-corrected chi connectivity index (χ4v) is 2.62. The quantitative estimate of drug-likeness (QED) is 0.889. The number of rotatable bonds is 5. The molecule has 1 amide bonds. The Bertz CT molecular complexity index is 607. The molecular formula is C15H19N3OS. The van der Waals surface area contributed by atoms with Crippen molar-refractivity contribution >= 4 is 22.9 Å². The summed E-state index contributed by atoms with van der Waals surface area (Å²) in [4.78, 5) is 17.3. The minimum atomic E-state index is -0.0378. The third-order valence-electron chi connectivity index (χ3n) is 2.96. The first-order chi connectivity index (χ1) is 9.60. The molecular weight excluding hydrogens is 270 g/mol. The highest BCUT2D eigenvalue weighted by Crippen LogP contribution is 2.19. The molecule has 0 aliphatic heterocycles. The summed E-state index contributed by atoms with van der Waals surface area (Å²) in [7, 11) is 0. The van der Waals surface area contributed by atoms with Crippen LogP contribution in [0.25, 0.3) is 0 Å². The Hall–Kier alpha value is -1.88. The second-order valence-electron chi connectivity index (χ2n) is 4.59. The van der Waals surface area contributed by atoms with Crippen LogP contribution in [0.5, 0.6) is 0 Å². The van der Waals surface area contributed by atoms with Crippen molar-refractivity contribution in [3.05, 3.63) is 45.4 Å². The number of thiazole rings is 1. The minimum absolute atomic E-state index is 0.0378. The van der Waals surface area contributed by atoms with E-state index < -0.39 is 0 Å². The first kappa shape index (κ1) is 14.5. The van der Waals surface area contributed by atoms with Crippen molar-refractivity contribution in [3.63, 3.8) is 0 Å². The lowest BCUT2D eigenvalue weighted by Crippen LogP contribution is -2.22. The Labute approximate surface area is 123 Å². The zero-order valence-corrected chi connectivity index (χ0v) is 12.8. The topological polar surface area (TPSA) is 54.0 Å². The number of aromatic nitrogens is 1. The summed E-state index contributed by atoms with van der Waals surface area (Å²) in [5.41, 5.74) is 2.79. The van der Waals surface area contributed by atoms with Gasteiger partial charge in [-0.05, 0) is 38.5 Å². The van der Waals surface area contributed by atoms with Gasteiger partial charge in [-0.25, -0.2) is 4.98 Å². The number of hydrogen-bond donors (Lipinski definition) is 2. The Morgan fingerprint density at radius 2 is 2.15 bits per heavy atom. The fraction of sp³-hybridized carbons (Fsp3) is 0.333. The normalized spacial score (nSPS) is 10.3. The van der Waals surface area contributed by atoms with Crippen LogP contribution in [-0.4, -0.2) is 17.4 Å². The van der Waals surface area contributed by atoms with Gasteiger partial charge in [0, 0.05) is 28.9 Å². The van der Waals surface area contributed by atoms with E-state index in [1.54, 1.807) is 11.3 Å². The molecule has 0 radical (unpaired) electrons. The van der Waals surface area contributed by atoms with Crippen molar-refractivity contribution in [1.82, 2.24) is 10.3 Å². The number of hydrogen-bond acceptors (Lipinski definition) is 4. The molecule has 0 bridgehead atoms. The summed E-state index contributed by atoms with van der Waals surface area (Å²) in [6.07, 6.45) is 1.88. The molecule has 4 nitrogen and oxygen atoms in total. The maximum Gasteiger partial charge on any atom is 0.251 e. The van der Waals surface area contributed by atoms with Gasteiger partial charge < -0.3 is 10.6 Å². The van der Waals surface area contributed by atoms with Gasteiger partial charge in [0.1, 0.15) is 0 Å². The minimum Gasteiger partial charge on any atom is -0.380 e. The fourth-order valence-electron chi connectivity index (χ4n) is 1.89. The van der Waals surface area contributed by atoms with Crippen LogP contribution in [-0.2, 0) is 6.54 Å². The second kappa shape index (κ2) is 6.52. The molecule has 106 valence electrons. The number of benzene rings is 1. The SMILES string of the molecule is CCNC(=O)c1ccc(C)c(NCc2cnc(C)s2)c1. The Balaban J connectivity index is 2.10. The second-order valence-corrected chi connectivity index (χ2v) is 5.91. The molecule has 20 heavy (non-hydrogen) atoms. The Kier molecular flexibility index (Phi) is 4.74. The Morgan fingerprint density at radius 1 is 1.35 bits per heavy atom. The standard InChI is InChI=1S/C15H19N3OS/c1-4-16-15(19)12-6-5-10(2)14(7-12)18-9-13-8-17-11(3)20-13/h5-8,18H,4,9H2,1-3H3,(H,16,19). The Morgan fingerprint density at radius 3 is 2.80 bits per heavy atom. The molecule has 2 aromatic rings. The highest BCUT2D eigenvalue weighted by molar-refractivity contribution is 7.11. The van der Waals surface area contributed by atoms with Crippen LogP contribution in [0.15, 0.2) is 24.4 Å². The number of amides is 1.